The molecular weight excluding hydrogens is 407 g/mol. The van der Waals surface area contributed by atoms with Crippen LogP contribution in [0.1, 0.15) is 23.9 Å². The molecule has 0 atom stereocenters. The summed E-state index contributed by atoms with van der Waals surface area (Å²) in [5, 5.41) is 15.0. The van der Waals surface area contributed by atoms with Crippen molar-refractivity contribution in [2.24, 2.45) is 0 Å². The summed E-state index contributed by atoms with van der Waals surface area (Å²) in [5.41, 5.74) is 2.07. The third-order valence-electron chi connectivity index (χ3n) is 3.41. The summed E-state index contributed by atoms with van der Waals surface area (Å²) in [5.74, 6) is 0.472. The monoisotopic (exact) mass is 420 g/mol. The summed E-state index contributed by atoms with van der Waals surface area (Å²) in [6.45, 7) is 2.55. The Labute approximate surface area is 170 Å². The van der Waals surface area contributed by atoms with Crippen LogP contribution in [0.4, 0.5) is 0 Å². The Bertz CT molecular complexity index is 949. The van der Waals surface area contributed by atoms with Gasteiger partial charge in [0, 0.05) is 5.38 Å². The Kier molecular flexibility index (Phi) is 6.33. The van der Waals surface area contributed by atoms with Crippen LogP contribution in [-0.4, -0.2) is 11.6 Å². The van der Waals surface area contributed by atoms with E-state index in [2.05, 4.69) is 11.1 Å². The maximum Gasteiger partial charge on any atom is 0.156 e. The van der Waals surface area contributed by atoms with Crippen molar-refractivity contribution in [3.8, 4) is 22.4 Å². The minimum atomic E-state index is 0.424. The standard InChI is InChI=1S/C19H14Cl2N2OS2/c1-2-5-24-18-14(20)8-12(9-15(18)21)7-13(10-22)19-23-16(11-26-19)17-4-3-6-25-17/h3-4,6-9,11H,2,5H2,1H3/b13-7-. The number of rotatable bonds is 6. The van der Waals surface area contributed by atoms with Crippen LogP contribution in [0.15, 0.2) is 35.0 Å². The van der Waals surface area contributed by atoms with Gasteiger partial charge in [-0.15, -0.1) is 22.7 Å². The molecule has 2 aromatic heterocycles. The molecule has 2 heterocycles. The molecule has 0 aliphatic heterocycles. The first kappa shape index (κ1) is 18.9. The number of ether oxygens (including phenoxy) is 1. The van der Waals surface area contributed by atoms with Gasteiger partial charge in [-0.2, -0.15) is 5.26 Å². The summed E-state index contributed by atoms with van der Waals surface area (Å²) in [6, 6.07) is 9.67. The minimum Gasteiger partial charge on any atom is -0.490 e. The molecule has 0 saturated heterocycles. The number of allylic oxidation sites excluding steroid dienone is 1. The van der Waals surface area contributed by atoms with Gasteiger partial charge < -0.3 is 4.74 Å². The lowest BCUT2D eigenvalue weighted by Gasteiger charge is -2.10. The molecule has 0 bridgehead atoms. The molecule has 3 nitrogen and oxygen atoms in total. The SMILES string of the molecule is CCCOc1c(Cl)cc(/C=C(/C#N)c2nc(-c3cccs3)cs2)cc1Cl. The zero-order chi connectivity index (χ0) is 18.5. The van der Waals surface area contributed by atoms with Crippen molar-refractivity contribution < 1.29 is 4.74 Å². The highest BCUT2D eigenvalue weighted by atomic mass is 35.5. The van der Waals surface area contributed by atoms with Gasteiger partial charge in [-0.3, -0.25) is 0 Å². The van der Waals surface area contributed by atoms with Crippen molar-refractivity contribution >= 4 is 57.5 Å². The van der Waals surface area contributed by atoms with Crippen LogP contribution in [0.3, 0.4) is 0 Å². The quantitative estimate of drug-likeness (QED) is 0.401. The minimum absolute atomic E-state index is 0.424. The van der Waals surface area contributed by atoms with Gasteiger partial charge in [0.05, 0.1) is 32.8 Å². The summed E-state index contributed by atoms with van der Waals surface area (Å²) >= 11 is 15.6. The predicted molar refractivity (Wildman–Crippen MR) is 111 cm³/mol. The Hall–Kier alpha value is -1.84. The fourth-order valence-corrected chi connectivity index (χ4v) is 4.41. The normalized spacial score (nSPS) is 11.4. The van der Waals surface area contributed by atoms with E-state index in [4.69, 9.17) is 27.9 Å². The molecule has 3 aromatic rings. The molecule has 1 aromatic carbocycles. The van der Waals surface area contributed by atoms with E-state index in [1.54, 1.807) is 29.5 Å². The first-order valence-corrected chi connectivity index (χ1v) is 10.4. The van der Waals surface area contributed by atoms with E-state index in [0.29, 0.717) is 33.0 Å². The number of nitriles is 1. The molecule has 0 radical (unpaired) electrons. The second-order valence-corrected chi connectivity index (χ2v) is 7.97. The van der Waals surface area contributed by atoms with Crippen LogP contribution < -0.4 is 4.74 Å². The van der Waals surface area contributed by atoms with Crippen LogP contribution in [0.25, 0.3) is 22.2 Å². The van der Waals surface area contributed by atoms with Crippen molar-refractivity contribution in [1.29, 1.82) is 5.26 Å². The summed E-state index contributed by atoms with van der Waals surface area (Å²) in [6.07, 6.45) is 2.60. The first-order valence-electron chi connectivity index (χ1n) is 7.85. The predicted octanol–water partition coefficient (Wildman–Crippen LogP) is 7.03. The van der Waals surface area contributed by atoms with Crippen LogP contribution in [0, 0.1) is 11.3 Å². The van der Waals surface area contributed by atoms with Gasteiger partial charge in [0.25, 0.3) is 0 Å². The van der Waals surface area contributed by atoms with Gasteiger partial charge in [-0.1, -0.05) is 36.2 Å². The number of thiophene rings is 1. The van der Waals surface area contributed by atoms with Crippen LogP contribution in [0.5, 0.6) is 5.75 Å². The van der Waals surface area contributed by atoms with E-state index in [1.807, 2.05) is 29.8 Å². The highest BCUT2D eigenvalue weighted by molar-refractivity contribution is 7.14. The van der Waals surface area contributed by atoms with Gasteiger partial charge in [-0.25, -0.2) is 4.98 Å². The Morgan fingerprint density at radius 3 is 2.69 bits per heavy atom. The Morgan fingerprint density at radius 1 is 1.31 bits per heavy atom. The van der Waals surface area contributed by atoms with Crippen molar-refractivity contribution in [1.82, 2.24) is 4.98 Å². The Balaban J connectivity index is 1.91. The van der Waals surface area contributed by atoms with Gasteiger partial charge in [0.1, 0.15) is 11.1 Å². The van der Waals surface area contributed by atoms with E-state index in [0.717, 1.165) is 22.6 Å². The zero-order valence-electron chi connectivity index (χ0n) is 13.8. The largest absolute Gasteiger partial charge is 0.490 e. The lowest BCUT2D eigenvalue weighted by Crippen LogP contribution is -1.96. The van der Waals surface area contributed by atoms with Gasteiger partial charge in [-0.05, 0) is 41.6 Å². The summed E-state index contributed by atoms with van der Waals surface area (Å²) in [4.78, 5) is 5.65. The average molecular weight is 421 g/mol. The molecule has 0 amide bonds. The molecule has 0 N–H and O–H groups in total. The number of benzene rings is 1. The molecule has 0 aliphatic rings. The topological polar surface area (TPSA) is 45.9 Å². The lowest BCUT2D eigenvalue weighted by molar-refractivity contribution is 0.318. The fourth-order valence-electron chi connectivity index (χ4n) is 2.25. The van der Waals surface area contributed by atoms with Crippen molar-refractivity contribution in [3.05, 3.63) is 55.6 Å². The molecule has 0 saturated carbocycles. The number of thiazole rings is 1. The molecular formula is C19H14Cl2N2OS2. The smallest absolute Gasteiger partial charge is 0.156 e. The maximum absolute atomic E-state index is 9.55. The second kappa shape index (κ2) is 8.70. The highest BCUT2D eigenvalue weighted by Crippen LogP contribution is 2.36. The molecule has 0 spiro atoms. The Morgan fingerprint density at radius 2 is 2.08 bits per heavy atom. The van der Waals surface area contributed by atoms with Gasteiger partial charge in [0.2, 0.25) is 0 Å². The second-order valence-electron chi connectivity index (χ2n) is 5.35. The molecule has 26 heavy (non-hydrogen) atoms. The number of nitrogens with zero attached hydrogens (tertiary/aromatic N) is 2. The van der Waals surface area contributed by atoms with E-state index in [9.17, 15) is 5.26 Å². The van der Waals surface area contributed by atoms with Crippen LogP contribution >= 0.6 is 45.9 Å². The molecule has 0 aliphatic carbocycles. The lowest BCUT2D eigenvalue weighted by atomic mass is 10.1. The zero-order valence-corrected chi connectivity index (χ0v) is 17.0. The van der Waals surface area contributed by atoms with Crippen LogP contribution in [-0.2, 0) is 0 Å². The third kappa shape index (κ3) is 4.28. The number of halogens is 2. The molecule has 0 unspecified atom stereocenters. The number of hydrogen-bond donors (Lipinski definition) is 0. The number of hydrogen-bond acceptors (Lipinski definition) is 5. The van der Waals surface area contributed by atoms with E-state index >= 15 is 0 Å². The molecule has 132 valence electrons. The molecule has 0 fully saturated rings. The number of aromatic nitrogens is 1. The van der Waals surface area contributed by atoms with E-state index in [-0.39, 0.29) is 0 Å². The highest BCUT2D eigenvalue weighted by Gasteiger charge is 2.12. The molecule has 3 rings (SSSR count). The average Bonchev–Trinajstić information content (AvgIpc) is 3.30. The first-order chi connectivity index (χ1) is 12.6. The molecule has 7 heteroatoms. The van der Waals surface area contributed by atoms with Gasteiger partial charge >= 0.3 is 0 Å². The van der Waals surface area contributed by atoms with E-state index < -0.39 is 0 Å². The third-order valence-corrected chi connectivity index (χ3v) is 5.74. The van der Waals surface area contributed by atoms with Gasteiger partial charge in [0.15, 0.2) is 5.75 Å². The van der Waals surface area contributed by atoms with Crippen molar-refractivity contribution in [3.63, 3.8) is 0 Å². The maximum atomic E-state index is 9.55. The van der Waals surface area contributed by atoms with E-state index in [1.165, 1.54) is 11.3 Å². The summed E-state index contributed by atoms with van der Waals surface area (Å²) in [7, 11) is 0. The fraction of sp³-hybridized carbons (Fsp3) is 0.158. The van der Waals surface area contributed by atoms with Crippen molar-refractivity contribution in [2.75, 3.05) is 6.61 Å². The summed E-state index contributed by atoms with van der Waals surface area (Å²) < 4.78 is 5.57. The van der Waals surface area contributed by atoms with Crippen molar-refractivity contribution in [2.45, 2.75) is 13.3 Å². The van der Waals surface area contributed by atoms with Crippen LogP contribution in [0.2, 0.25) is 10.0 Å².